The van der Waals surface area contributed by atoms with Crippen LogP contribution in [0.3, 0.4) is 0 Å². The normalized spacial score (nSPS) is 34.2. The Hall–Kier alpha value is -0.0800. The van der Waals surface area contributed by atoms with Crippen LogP contribution in [-0.4, -0.2) is 25.3 Å². The minimum absolute atomic E-state index is 0.489. The Bertz CT molecular complexity index is 169. The van der Waals surface area contributed by atoms with Crippen LogP contribution in [-0.2, 0) is 4.74 Å². The fourth-order valence-electron chi connectivity index (χ4n) is 2.74. The van der Waals surface area contributed by atoms with Crippen molar-refractivity contribution in [3.63, 3.8) is 0 Å². The quantitative estimate of drug-likeness (QED) is 0.775. The molecule has 1 saturated heterocycles. The van der Waals surface area contributed by atoms with E-state index in [0.717, 1.165) is 19.1 Å². The van der Waals surface area contributed by atoms with Crippen molar-refractivity contribution < 1.29 is 4.74 Å². The van der Waals surface area contributed by atoms with Crippen LogP contribution < -0.4 is 5.32 Å². The Kier molecular flexibility index (Phi) is 4.45. The smallest absolute Gasteiger partial charge is 0.0700 e. The van der Waals surface area contributed by atoms with Crippen molar-refractivity contribution in [1.29, 1.82) is 0 Å². The van der Waals surface area contributed by atoms with Crippen LogP contribution in [0.1, 0.15) is 51.9 Å². The van der Waals surface area contributed by atoms with E-state index in [4.69, 9.17) is 4.74 Å². The first kappa shape index (κ1) is 11.4. The van der Waals surface area contributed by atoms with Crippen molar-refractivity contribution in [3.05, 3.63) is 0 Å². The summed E-state index contributed by atoms with van der Waals surface area (Å²) in [7, 11) is 0. The van der Waals surface area contributed by atoms with Crippen molar-refractivity contribution in [2.75, 3.05) is 13.2 Å². The van der Waals surface area contributed by atoms with Gasteiger partial charge in [0.05, 0.1) is 6.10 Å². The van der Waals surface area contributed by atoms with E-state index in [1.54, 1.807) is 0 Å². The highest BCUT2D eigenvalue weighted by Gasteiger charge is 2.20. The summed E-state index contributed by atoms with van der Waals surface area (Å²) in [6, 6.07) is 0.694. The number of ether oxygens (including phenoxy) is 1. The Morgan fingerprint density at radius 1 is 1.07 bits per heavy atom. The molecule has 2 unspecified atom stereocenters. The van der Waals surface area contributed by atoms with E-state index in [0.29, 0.717) is 12.1 Å². The van der Waals surface area contributed by atoms with Gasteiger partial charge in [-0.2, -0.15) is 0 Å². The summed E-state index contributed by atoms with van der Waals surface area (Å²) < 4.78 is 6.01. The third kappa shape index (κ3) is 3.76. The molecule has 0 radical (unpaired) electrons. The molecule has 15 heavy (non-hydrogen) atoms. The molecular formula is C13H25NO. The number of hydrogen-bond acceptors (Lipinski definition) is 2. The molecule has 1 saturated carbocycles. The molecule has 0 spiro atoms. The van der Waals surface area contributed by atoms with Crippen LogP contribution in [0.5, 0.6) is 0 Å². The molecule has 0 aromatic rings. The second kappa shape index (κ2) is 5.86. The molecule has 2 heteroatoms. The van der Waals surface area contributed by atoms with E-state index >= 15 is 0 Å². The van der Waals surface area contributed by atoms with Crippen molar-refractivity contribution in [3.8, 4) is 0 Å². The predicted octanol–water partition coefficient (Wildman–Crippen LogP) is 2.72. The third-order valence-corrected chi connectivity index (χ3v) is 3.91. The zero-order valence-corrected chi connectivity index (χ0v) is 10.0. The summed E-state index contributed by atoms with van der Waals surface area (Å²) in [5, 5.41) is 3.49. The van der Waals surface area contributed by atoms with Crippen LogP contribution in [0.25, 0.3) is 0 Å². The molecule has 88 valence electrons. The van der Waals surface area contributed by atoms with Crippen LogP contribution >= 0.6 is 0 Å². The molecule has 0 bridgehead atoms. The maximum atomic E-state index is 6.01. The lowest BCUT2D eigenvalue weighted by Crippen LogP contribution is -2.41. The fraction of sp³-hybridized carbons (Fsp3) is 1.00. The summed E-state index contributed by atoms with van der Waals surface area (Å²) in [6.45, 7) is 4.34. The zero-order chi connectivity index (χ0) is 10.5. The summed E-state index contributed by atoms with van der Waals surface area (Å²) in [5.41, 5.74) is 0. The van der Waals surface area contributed by atoms with Gasteiger partial charge in [0, 0.05) is 19.2 Å². The standard InChI is InChI=1S/C13H25NO/c1-11-7-8-13(9-14-11)15-10-12-5-3-2-4-6-12/h11-14H,2-10H2,1H3. The highest BCUT2D eigenvalue weighted by molar-refractivity contribution is 4.75. The highest BCUT2D eigenvalue weighted by Crippen LogP contribution is 2.24. The molecule has 1 aliphatic carbocycles. The Morgan fingerprint density at radius 3 is 2.53 bits per heavy atom. The minimum Gasteiger partial charge on any atom is -0.377 e. The van der Waals surface area contributed by atoms with Crippen molar-refractivity contribution in [1.82, 2.24) is 5.32 Å². The maximum Gasteiger partial charge on any atom is 0.0700 e. The SMILES string of the molecule is CC1CCC(OCC2CCCCC2)CN1. The van der Waals surface area contributed by atoms with E-state index in [1.807, 2.05) is 0 Å². The molecule has 0 aromatic carbocycles. The topological polar surface area (TPSA) is 21.3 Å². The summed E-state index contributed by atoms with van der Waals surface area (Å²) >= 11 is 0. The van der Waals surface area contributed by atoms with Gasteiger partial charge in [0.2, 0.25) is 0 Å². The number of nitrogens with one attached hydrogen (secondary N) is 1. The van der Waals surface area contributed by atoms with Gasteiger partial charge in [-0.25, -0.2) is 0 Å². The third-order valence-electron chi connectivity index (χ3n) is 3.91. The average molecular weight is 211 g/mol. The van der Waals surface area contributed by atoms with Gasteiger partial charge >= 0.3 is 0 Å². The van der Waals surface area contributed by atoms with Crippen LogP contribution in [0.15, 0.2) is 0 Å². The molecule has 2 rings (SSSR count). The highest BCUT2D eigenvalue weighted by atomic mass is 16.5. The van der Waals surface area contributed by atoms with Gasteiger partial charge in [-0.05, 0) is 38.5 Å². The monoisotopic (exact) mass is 211 g/mol. The van der Waals surface area contributed by atoms with Crippen molar-refractivity contribution >= 4 is 0 Å². The number of rotatable bonds is 3. The lowest BCUT2D eigenvalue weighted by Gasteiger charge is -2.30. The van der Waals surface area contributed by atoms with Gasteiger partial charge < -0.3 is 10.1 Å². The van der Waals surface area contributed by atoms with E-state index < -0.39 is 0 Å². The average Bonchev–Trinajstić information content (AvgIpc) is 2.30. The van der Waals surface area contributed by atoms with Gasteiger partial charge in [-0.1, -0.05) is 19.3 Å². The fourth-order valence-corrected chi connectivity index (χ4v) is 2.74. The number of piperidine rings is 1. The molecular weight excluding hydrogens is 186 g/mol. The maximum absolute atomic E-state index is 6.01. The molecule has 1 aliphatic heterocycles. The van der Waals surface area contributed by atoms with E-state index in [9.17, 15) is 0 Å². The van der Waals surface area contributed by atoms with E-state index in [-0.39, 0.29) is 0 Å². The molecule has 0 amide bonds. The van der Waals surface area contributed by atoms with Crippen LogP contribution in [0.2, 0.25) is 0 Å². The lowest BCUT2D eigenvalue weighted by molar-refractivity contribution is 0.00366. The van der Waals surface area contributed by atoms with Gasteiger partial charge in [-0.15, -0.1) is 0 Å². The zero-order valence-electron chi connectivity index (χ0n) is 10.0. The minimum atomic E-state index is 0.489. The Labute approximate surface area is 93.8 Å². The van der Waals surface area contributed by atoms with Crippen molar-refractivity contribution in [2.45, 2.75) is 64.0 Å². The van der Waals surface area contributed by atoms with Crippen molar-refractivity contribution in [2.24, 2.45) is 5.92 Å². The molecule has 2 aliphatic rings. The largest absolute Gasteiger partial charge is 0.377 e. The second-order valence-corrected chi connectivity index (χ2v) is 5.35. The van der Waals surface area contributed by atoms with E-state index in [1.165, 1.54) is 44.9 Å². The Balaban J connectivity index is 1.60. The van der Waals surface area contributed by atoms with Gasteiger partial charge in [-0.3, -0.25) is 0 Å². The molecule has 2 atom stereocenters. The molecule has 1 heterocycles. The first-order chi connectivity index (χ1) is 7.34. The lowest BCUT2D eigenvalue weighted by atomic mass is 9.90. The Morgan fingerprint density at radius 2 is 1.87 bits per heavy atom. The molecule has 2 fully saturated rings. The molecule has 1 N–H and O–H groups in total. The predicted molar refractivity (Wildman–Crippen MR) is 63.0 cm³/mol. The number of hydrogen-bond donors (Lipinski definition) is 1. The van der Waals surface area contributed by atoms with Gasteiger partial charge in [0.1, 0.15) is 0 Å². The first-order valence-corrected chi connectivity index (χ1v) is 6.69. The molecule has 2 nitrogen and oxygen atoms in total. The summed E-state index contributed by atoms with van der Waals surface area (Å²) in [6.07, 6.45) is 10.1. The van der Waals surface area contributed by atoms with Crippen LogP contribution in [0.4, 0.5) is 0 Å². The summed E-state index contributed by atoms with van der Waals surface area (Å²) in [5.74, 6) is 0.859. The molecule has 0 aromatic heterocycles. The second-order valence-electron chi connectivity index (χ2n) is 5.35. The van der Waals surface area contributed by atoms with Crippen LogP contribution in [0, 0.1) is 5.92 Å². The van der Waals surface area contributed by atoms with Gasteiger partial charge in [0.15, 0.2) is 0 Å². The van der Waals surface area contributed by atoms with E-state index in [2.05, 4.69) is 12.2 Å². The first-order valence-electron chi connectivity index (χ1n) is 6.69. The summed E-state index contributed by atoms with van der Waals surface area (Å²) in [4.78, 5) is 0. The van der Waals surface area contributed by atoms with Gasteiger partial charge in [0.25, 0.3) is 0 Å².